The summed E-state index contributed by atoms with van der Waals surface area (Å²) < 4.78 is 5.95. The van der Waals surface area contributed by atoms with Crippen LogP contribution in [0, 0.1) is 0 Å². The molecule has 2 aromatic rings. The average Bonchev–Trinajstić information content (AvgIpc) is 2.89. The standard InChI is InChI=1S/C16H19Cl2NO/c1-3-9-19-14(4-2)16-8-7-15(20-16)12-6-5-11(17)10-13(12)18/h5-8,10,14,19H,3-4,9H2,1-2H3. The number of nitrogens with one attached hydrogen (secondary N) is 1. The lowest BCUT2D eigenvalue weighted by atomic mass is 10.1. The summed E-state index contributed by atoms with van der Waals surface area (Å²) in [5.74, 6) is 1.72. The van der Waals surface area contributed by atoms with Gasteiger partial charge >= 0.3 is 0 Å². The molecule has 1 aromatic heterocycles. The summed E-state index contributed by atoms with van der Waals surface area (Å²) in [6.07, 6.45) is 2.09. The van der Waals surface area contributed by atoms with Crippen LogP contribution in [0.4, 0.5) is 0 Å². The van der Waals surface area contributed by atoms with E-state index in [0.717, 1.165) is 36.5 Å². The Morgan fingerprint density at radius 1 is 1.15 bits per heavy atom. The first-order valence-electron chi connectivity index (χ1n) is 6.94. The maximum atomic E-state index is 6.21. The Balaban J connectivity index is 2.23. The van der Waals surface area contributed by atoms with Crippen molar-refractivity contribution in [2.24, 2.45) is 0 Å². The van der Waals surface area contributed by atoms with Gasteiger partial charge in [-0.15, -0.1) is 0 Å². The van der Waals surface area contributed by atoms with Gasteiger partial charge in [-0.05, 0) is 49.7 Å². The first-order chi connectivity index (χ1) is 9.65. The summed E-state index contributed by atoms with van der Waals surface area (Å²) in [5.41, 5.74) is 0.868. The fourth-order valence-electron chi connectivity index (χ4n) is 2.14. The molecule has 1 N–H and O–H groups in total. The summed E-state index contributed by atoms with van der Waals surface area (Å²) in [6.45, 7) is 5.28. The second kappa shape index (κ2) is 7.16. The van der Waals surface area contributed by atoms with Crippen molar-refractivity contribution >= 4 is 23.2 Å². The highest BCUT2D eigenvalue weighted by molar-refractivity contribution is 6.36. The zero-order valence-electron chi connectivity index (χ0n) is 11.7. The molecule has 0 aliphatic rings. The molecule has 2 nitrogen and oxygen atoms in total. The Morgan fingerprint density at radius 3 is 2.60 bits per heavy atom. The van der Waals surface area contributed by atoms with Crippen LogP contribution < -0.4 is 5.32 Å². The third kappa shape index (κ3) is 3.57. The van der Waals surface area contributed by atoms with Crippen molar-refractivity contribution in [1.29, 1.82) is 0 Å². The van der Waals surface area contributed by atoms with Gasteiger partial charge in [-0.3, -0.25) is 0 Å². The zero-order valence-corrected chi connectivity index (χ0v) is 13.3. The Morgan fingerprint density at radius 2 is 1.95 bits per heavy atom. The molecular weight excluding hydrogens is 293 g/mol. The van der Waals surface area contributed by atoms with E-state index in [0.29, 0.717) is 10.0 Å². The van der Waals surface area contributed by atoms with E-state index in [9.17, 15) is 0 Å². The second-order valence-corrected chi connectivity index (χ2v) is 5.58. The lowest BCUT2D eigenvalue weighted by Crippen LogP contribution is -2.20. The minimum absolute atomic E-state index is 0.245. The highest BCUT2D eigenvalue weighted by Crippen LogP contribution is 2.33. The van der Waals surface area contributed by atoms with Crippen molar-refractivity contribution < 1.29 is 4.42 Å². The molecular formula is C16H19Cl2NO. The van der Waals surface area contributed by atoms with Crippen molar-refractivity contribution in [3.05, 3.63) is 46.1 Å². The van der Waals surface area contributed by atoms with Crippen LogP contribution in [-0.2, 0) is 0 Å². The number of rotatable bonds is 6. The summed E-state index contributed by atoms with van der Waals surface area (Å²) in [7, 11) is 0. The molecule has 0 aliphatic heterocycles. The van der Waals surface area contributed by atoms with Crippen molar-refractivity contribution in [3.63, 3.8) is 0 Å². The molecule has 20 heavy (non-hydrogen) atoms. The van der Waals surface area contributed by atoms with Crippen LogP contribution in [0.3, 0.4) is 0 Å². The van der Waals surface area contributed by atoms with Crippen molar-refractivity contribution in [2.75, 3.05) is 6.54 Å². The zero-order chi connectivity index (χ0) is 14.5. The summed E-state index contributed by atoms with van der Waals surface area (Å²) in [6, 6.07) is 9.64. The van der Waals surface area contributed by atoms with Gasteiger partial charge in [0.05, 0.1) is 11.1 Å². The predicted octanol–water partition coefficient (Wildman–Crippen LogP) is 5.70. The van der Waals surface area contributed by atoms with Gasteiger partial charge < -0.3 is 9.73 Å². The summed E-state index contributed by atoms with van der Waals surface area (Å²) in [5, 5.41) is 4.71. The number of benzene rings is 1. The summed E-state index contributed by atoms with van der Waals surface area (Å²) >= 11 is 12.1. The smallest absolute Gasteiger partial charge is 0.135 e. The van der Waals surface area contributed by atoms with Crippen molar-refractivity contribution in [1.82, 2.24) is 5.32 Å². The molecule has 0 radical (unpaired) electrons. The molecule has 0 bridgehead atoms. The Bertz CT molecular complexity index is 565. The van der Waals surface area contributed by atoms with Crippen LogP contribution in [0.1, 0.15) is 38.5 Å². The van der Waals surface area contributed by atoms with E-state index in [-0.39, 0.29) is 6.04 Å². The number of hydrogen-bond acceptors (Lipinski definition) is 2. The SMILES string of the molecule is CCCNC(CC)c1ccc(-c2ccc(Cl)cc2Cl)o1. The van der Waals surface area contributed by atoms with Crippen LogP contribution in [-0.4, -0.2) is 6.54 Å². The molecule has 0 amide bonds. The van der Waals surface area contributed by atoms with Crippen LogP contribution >= 0.6 is 23.2 Å². The van der Waals surface area contributed by atoms with E-state index in [1.54, 1.807) is 6.07 Å². The molecule has 1 aromatic carbocycles. The molecule has 0 fully saturated rings. The van der Waals surface area contributed by atoms with Gasteiger partial charge in [0, 0.05) is 10.6 Å². The average molecular weight is 312 g/mol. The lowest BCUT2D eigenvalue weighted by Gasteiger charge is -2.13. The largest absolute Gasteiger partial charge is 0.459 e. The number of hydrogen-bond donors (Lipinski definition) is 1. The van der Waals surface area contributed by atoms with Gasteiger partial charge in [0.15, 0.2) is 0 Å². The number of halogens is 2. The molecule has 0 aliphatic carbocycles. The Labute approximate surface area is 130 Å². The van der Waals surface area contributed by atoms with Crippen molar-refractivity contribution in [3.8, 4) is 11.3 Å². The molecule has 2 rings (SSSR count). The Kier molecular flexibility index (Phi) is 5.53. The maximum absolute atomic E-state index is 6.21. The quantitative estimate of drug-likeness (QED) is 0.739. The molecule has 1 unspecified atom stereocenters. The van der Waals surface area contributed by atoms with Crippen LogP contribution in [0.5, 0.6) is 0 Å². The maximum Gasteiger partial charge on any atom is 0.135 e. The fraction of sp³-hybridized carbons (Fsp3) is 0.375. The van der Waals surface area contributed by atoms with Crippen LogP contribution in [0.15, 0.2) is 34.7 Å². The summed E-state index contributed by atoms with van der Waals surface area (Å²) in [4.78, 5) is 0. The minimum Gasteiger partial charge on any atom is -0.459 e. The Hall–Kier alpha value is -0.960. The highest BCUT2D eigenvalue weighted by atomic mass is 35.5. The highest BCUT2D eigenvalue weighted by Gasteiger charge is 2.15. The molecule has 1 heterocycles. The van der Waals surface area contributed by atoms with Crippen molar-refractivity contribution in [2.45, 2.75) is 32.7 Å². The molecule has 1 atom stereocenters. The van der Waals surface area contributed by atoms with Gasteiger partial charge in [0.2, 0.25) is 0 Å². The van der Waals surface area contributed by atoms with Crippen LogP contribution in [0.2, 0.25) is 10.0 Å². The lowest BCUT2D eigenvalue weighted by molar-refractivity contribution is 0.411. The van der Waals surface area contributed by atoms with E-state index in [1.807, 2.05) is 24.3 Å². The van der Waals surface area contributed by atoms with E-state index in [2.05, 4.69) is 19.2 Å². The van der Waals surface area contributed by atoms with Gasteiger partial charge in [0.25, 0.3) is 0 Å². The second-order valence-electron chi connectivity index (χ2n) is 4.74. The van der Waals surface area contributed by atoms with Gasteiger partial charge in [0.1, 0.15) is 11.5 Å². The fourth-order valence-corrected chi connectivity index (χ4v) is 2.64. The number of furan rings is 1. The molecule has 0 saturated heterocycles. The third-order valence-corrected chi connectivity index (χ3v) is 3.76. The first-order valence-corrected chi connectivity index (χ1v) is 7.69. The van der Waals surface area contributed by atoms with Crippen LogP contribution in [0.25, 0.3) is 11.3 Å². The molecule has 4 heteroatoms. The molecule has 0 spiro atoms. The normalized spacial score (nSPS) is 12.6. The monoisotopic (exact) mass is 311 g/mol. The van der Waals surface area contributed by atoms with E-state index in [4.69, 9.17) is 27.6 Å². The van der Waals surface area contributed by atoms with E-state index in [1.165, 1.54) is 0 Å². The van der Waals surface area contributed by atoms with E-state index < -0.39 is 0 Å². The predicted molar refractivity (Wildman–Crippen MR) is 85.5 cm³/mol. The molecule has 0 saturated carbocycles. The minimum atomic E-state index is 0.245. The third-order valence-electron chi connectivity index (χ3n) is 3.22. The molecule has 108 valence electrons. The van der Waals surface area contributed by atoms with Gasteiger partial charge in [-0.1, -0.05) is 37.0 Å². The van der Waals surface area contributed by atoms with Gasteiger partial charge in [-0.25, -0.2) is 0 Å². The van der Waals surface area contributed by atoms with E-state index >= 15 is 0 Å². The first kappa shape index (κ1) is 15.4. The van der Waals surface area contributed by atoms with Gasteiger partial charge in [-0.2, -0.15) is 0 Å². The topological polar surface area (TPSA) is 25.2 Å².